The van der Waals surface area contributed by atoms with Crippen molar-refractivity contribution in [1.29, 1.82) is 0 Å². The highest BCUT2D eigenvalue weighted by atomic mass is 16.4. The molecule has 6 heteroatoms. The first-order valence-corrected chi connectivity index (χ1v) is 6.10. The van der Waals surface area contributed by atoms with Crippen molar-refractivity contribution < 1.29 is 14.7 Å². The third-order valence-corrected chi connectivity index (χ3v) is 3.24. The van der Waals surface area contributed by atoms with Gasteiger partial charge in [-0.15, -0.1) is 0 Å². The van der Waals surface area contributed by atoms with Gasteiger partial charge in [-0.25, -0.2) is 4.98 Å². The first kappa shape index (κ1) is 12.6. The third-order valence-electron chi connectivity index (χ3n) is 3.24. The standard InChI is InChI=1S/C12H17N3O3/c16-11(2-4-14-6-3-13-9-14)15-5-1-10(8-15)7-12(17)18/h3,6,9-10H,1-2,4-5,7-8H2,(H,17,18). The lowest BCUT2D eigenvalue weighted by Gasteiger charge is -2.16. The molecule has 1 atom stereocenters. The molecule has 1 aromatic rings. The molecule has 6 nitrogen and oxygen atoms in total. The molecule has 1 unspecified atom stereocenters. The van der Waals surface area contributed by atoms with E-state index in [9.17, 15) is 9.59 Å². The largest absolute Gasteiger partial charge is 0.481 e. The normalized spacial score (nSPS) is 19.1. The zero-order valence-electron chi connectivity index (χ0n) is 10.2. The van der Waals surface area contributed by atoms with Gasteiger partial charge < -0.3 is 14.6 Å². The summed E-state index contributed by atoms with van der Waals surface area (Å²) in [7, 11) is 0. The first-order valence-electron chi connectivity index (χ1n) is 6.10. The zero-order chi connectivity index (χ0) is 13.0. The maximum atomic E-state index is 11.9. The maximum absolute atomic E-state index is 11.9. The Bertz CT molecular complexity index is 416. The molecule has 1 N–H and O–H groups in total. The van der Waals surface area contributed by atoms with Crippen molar-refractivity contribution in [1.82, 2.24) is 14.5 Å². The van der Waals surface area contributed by atoms with Crippen LogP contribution >= 0.6 is 0 Å². The lowest BCUT2D eigenvalue weighted by Crippen LogP contribution is -2.29. The number of likely N-dealkylation sites (tertiary alicyclic amines) is 1. The fraction of sp³-hybridized carbons (Fsp3) is 0.583. The summed E-state index contributed by atoms with van der Waals surface area (Å²) in [6.45, 7) is 1.88. The summed E-state index contributed by atoms with van der Waals surface area (Å²) in [5, 5.41) is 8.71. The van der Waals surface area contributed by atoms with Gasteiger partial charge in [-0.05, 0) is 12.3 Å². The highest BCUT2D eigenvalue weighted by Crippen LogP contribution is 2.20. The van der Waals surface area contributed by atoms with Gasteiger partial charge in [0.15, 0.2) is 0 Å². The topological polar surface area (TPSA) is 75.4 Å². The van der Waals surface area contributed by atoms with E-state index < -0.39 is 5.97 Å². The summed E-state index contributed by atoms with van der Waals surface area (Å²) >= 11 is 0. The molecular formula is C12H17N3O3. The van der Waals surface area contributed by atoms with Crippen LogP contribution < -0.4 is 0 Å². The average Bonchev–Trinajstić information content (AvgIpc) is 2.95. The second-order valence-corrected chi connectivity index (χ2v) is 4.64. The Morgan fingerprint density at radius 1 is 1.44 bits per heavy atom. The monoisotopic (exact) mass is 251 g/mol. The van der Waals surface area contributed by atoms with Gasteiger partial charge in [-0.1, -0.05) is 0 Å². The van der Waals surface area contributed by atoms with Crippen molar-refractivity contribution in [2.24, 2.45) is 5.92 Å². The van der Waals surface area contributed by atoms with E-state index in [-0.39, 0.29) is 18.2 Å². The minimum atomic E-state index is -0.785. The molecular weight excluding hydrogens is 234 g/mol. The highest BCUT2D eigenvalue weighted by Gasteiger charge is 2.27. The van der Waals surface area contributed by atoms with Crippen LogP contribution in [0, 0.1) is 5.92 Å². The van der Waals surface area contributed by atoms with E-state index in [1.54, 1.807) is 17.4 Å². The minimum Gasteiger partial charge on any atom is -0.481 e. The van der Waals surface area contributed by atoms with Gasteiger partial charge >= 0.3 is 5.97 Å². The summed E-state index contributed by atoms with van der Waals surface area (Å²) in [5.74, 6) is -0.580. The van der Waals surface area contributed by atoms with Crippen LogP contribution in [-0.4, -0.2) is 44.5 Å². The van der Waals surface area contributed by atoms with Crippen molar-refractivity contribution in [3.8, 4) is 0 Å². The van der Waals surface area contributed by atoms with Crippen LogP contribution in [0.5, 0.6) is 0 Å². The number of carboxylic acid groups (broad SMARTS) is 1. The third kappa shape index (κ3) is 3.32. The number of amides is 1. The lowest BCUT2D eigenvalue weighted by molar-refractivity contribution is -0.138. The number of carbonyl (C=O) groups excluding carboxylic acids is 1. The van der Waals surface area contributed by atoms with E-state index in [1.807, 2.05) is 10.8 Å². The number of carboxylic acids is 1. The summed E-state index contributed by atoms with van der Waals surface area (Å²) in [6.07, 6.45) is 6.59. The van der Waals surface area contributed by atoms with Gasteiger partial charge in [0.05, 0.1) is 6.33 Å². The molecule has 98 valence electrons. The molecule has 0 aliphatic carbocycles. The fourth-order valence-corrected chi connectivity index (χ4v) is 2.27. The molecule has 18 heavy (non-hydrogen) atoms. The van der Waals surface area contributed by atoms with Gasteiger partial charge in [0.2, 0.25) is 5.91 Å². The Balaban J connectivity index is 1.75. The average molecular weight is 251 g/mol. The molecule has 0 aromatic carbocycles. The van der Waals surface area contributed by atoms with E-state index in [0.717, 1.165) is 6.42 Å². The molecule has 1 aliphatic heterocycles. The van der Waals surface area contributed by atoms with Crippen molar-refractivity contribution in [2.75, 3.05) is 13.1 Å². The van der Waals surface area contributed by atoms with Gasteiger partial charge in [0.1, 0.15) is 0 Å². The van der Waals surface area contributed by atoms with Gasteiger partial charge in [0, 0.05) is 44.9 Å². The van der Waals surface area contributed by atoms with Gasteiger partial charge in [-0.2, -0.15) is 0 Å². The van der Waals surface area contributed by atoms with Crippen LogP contribution in [-0.2, 0) is 16.1 Å². The number of hydrogen-bond acceptors (Lipinski definition) is 3. The Kier molecular flexibility index (Phi) is 3.96. The van der Waals surface area contributed by atoms with E-state index in [4.69, 9.17) is 5.11 Å². The first-order chi connectivity index (χ1) is 8.65. The fourth-order valence-electron chi connectivity index (χ4n) is 2.27. The summed E-state index contributed by atoms with van der Waals surface area (Å²) in [5.41, 5.74) is 0. The van der Waals surface area contributed by atoms with Crippen molar-refractivity contribution in [3.63, 3.8) is 0 Å². The Labute approximate surface area is 105 Å². The lowest BCUT2D eigenvalue weighted by atomic mass is 10.1. The van der Waals surface area contributed by atoms with Crippen LogP contribution in [0.2, 0.25) is 0 Å². The number of imidazole rings is 1. The number of nitrogens with zero attached hydrogens (tertiary/aromatic N) is 3. The van der Waals surface area contributed by atoms with Gasteiger partial charge in [-0.3, -0.25) is 9.59 Å². The summed E-state index contributed by atoms with van der Waals surface area (Å²) in [6, 6.07) is 0. The van der Waals surface area contributed by atoms with Crippen LogP contribution in [0.25, 0.3) is 0 Å². The molecule has 1 aliphatic rings. The van der Waals surface area contributed by atoms with Crippen LogP contribution in [0.15, 0.2) is 18.7 Å². The number of rotatable bonds is 5. The van der Waals surface area contributed by atoms with Crippen LogP contribution in [0.3, 0.4) is 0 Å². The number of aromatic nitrogens is 2. The van der Waals surface area contributed by atoms with Crippen LogP contribution in [0.1, 0.15) is 19.3 Å². The quantitative estimate of drug-likeness (QED) is 0.831. The molecule has 2 rings (SSSR count). The smallest absolute Gasteiger partial charge is 0.303 e. The van der Waals surface area contributed by atoms with E-state index in [2.05, 4.69) is 4.98 Å². The highest BCUT2D eigenvalue weighted by molar-refractivity contribution is 5.76. The predicted octanol–water partition coefficient (Wildman–Crippen LogP) is 0.596. The molecule has 1 saturated heterocycles. The molecule has 0 saturated carbocycles. The van der Waals surface area contributed by atoms with Crippen molar-refractivity contribution in [2.45, 2.75) is 25.8 Å². The van der Waals surface area contributed by atoms with E-state index in [1.165, 1.54) is 0 Å². The Morgan fingerprint density at radius 3 is 2.94 bits per heavy atom. The second kappa shape index (κ2) is 5.66. The minimum absolute atomic E-state index is 0.0941. The summed E-state index contributed by atoms with van der Waals surface area (Å²) in [4.78, 5) is 28.2. The predicted molar refractivity (Wildman–Crippen MR) is 63.8 cm³/mol. The number of hydrogen-bond donors (Lipinski definition) is 1. The number of aryl methyl sites for hydroxylation is 1. The van der Waals surface area contributed by atoms with Crippen LogP contribution in [0.4, 0.5) is 0 Å². The molecule has 1 fully saturated rings. The molecule has 0 spiro atoms. The Morgan fingerprint density at radius 2 is 2.28 bits per heavy atom. The van der Waals surface area contributed by atoms with Crippen molar-refractivity contribution >= 4 is 11.9 Å². The van der Waals surface area contributed by atoms with E-state index in [0.29, 0.717) is 26.1 Å². The van der Waals surface area contributed by atoms with Gasteiger partial charge in [0.25, 0.3) is 0 Å². The molecule has 2 heterocycles. The molecule has 0 radical (unpaired) electrons. The SMILES string of the molecule is O=C(O)CC1CCN(C(=O)CCn2ccnc2)C1. The molecule has 0 bridgehead atoms. The number of carbonyl (C=O) groups is 2. The number of aliphatic carboxylic acids is 1. The van der Waals surface area contributed by atoms with Crippen molar-refractivity contribution in [3.05, 3.63) is 18.7 Å². The van der Waals surface area contributed by atoms with E-state index >= 15 is 0 Å². The Hall–Kier alpha value is -1.85. The maximum Gasteiger partial charge on any atom is 0.303 e. The molecule has 1 amide bonds. The second-order valence-electron chi connectivity index (χ2n) is 4.64. The summed E-state index contributed by atoms with van der Waals surface area (Å²) < 4.78 is 1.86. The zero-order valence-corrected chi connectivity index (χ0v) is 10.2. The molecule has 1 aromatic heterocycles.